The Morgan fingerprint density at radius 1 is 0.862 bits per heavy atom. The molecule has 0 aliphatic carbocycles. The number of carbonyl (C=O) groups is 2. The van der Waals surface area contributed by atoms with Gasteiger partial charge in [-0.1, -0.05) is 31.0 Å². The summed E-state index contributed by atoms with van der Waals surface area (Å²) >= 11 is 0. The van der Waals surface area contributed by atoms with E-state index >= 15 is 0 Å². The van der Waals surface area contributed by atoms with E-state index in [-0.39, 0.29) is 17.4 Å². The van der Waals surface area contributed by atoms with Gasteiger partial charge in [0.15, 0.2) is 0 Å². The molecule has 7 heteroatoms. The maximum absolute atomic E-state index is 12.9. The molecular weight excluding hydrogens is 368 g/mol. The normalized spacial score (nSPS) is 18.6. The van der Waals surface area contributed by atoms with Crippen molar-refractivity contribution in [3.63, 3.8) is 0 Å². The minimum absolute atomic E-state index is 0.161. The van der Waals surface area contributed by atoms with Gasteiger partial charge >= 0.3 is 0 Å². The Kier molecular flexibility index (Phi) is 5.94. The predicted molar refractivity (Wildman–Crippen MR) is 112 cm³/mol. The Bertz CT molecular complexity index is 938. The lowest BCUT2D eigenvalue weighted by Crippen LogP contribution is -2.51. The lowest BCUT2D eigenvalue weighted by atomic mass is 10.1. The van der Waals surface area contributed by atoms with Crippen LogP contribution in [0.3, 0.4) is 0 Å². The van der Waals surface area contributed by atoms with Crippen LogP contribution in [0.2, 0.25) is 0 Å². The van der Waals surface area contributed by atoms with Gasteiger partial charge in [-0.3, -0.25) is 19.3 Å². The van der Waals surface area contributed by atoms with Crippen molar-refractivity contribution in [2.24, 2.45) is 0 Å². The highest BCUT2D eigenvalue weighted by Gasteiger charge is 2.25. The van der Waals surface area contributed by atoms with Crippen molar-refractivity contribution in [1.29, 1.82) is 0 Å². The van der Waals surface area contributed by atoms with Crippen LogP contribution in [0.1, 0.15) is 36.2 Å². The maximum atomic E-state index is 12.9. The summed E-state index contributed by atoms with van der Waals surface area (Å²) < 4.78 is 0. The third-order valence-electron chi connectivity index (χ3n) is 5.96. The lowest BCUT2D eigenvalue weighted by Gasteiger charge is -2.35. The molecule has 2 saturated heterocycles. The second kappa shape index (κ2) is 8.78. The zero-order valence-corrected chi connectivity index (χ0v) is 16.7. The van der Waals surface area contributed by atoms with E-state index in [9.17, 15) is 14.4 Å². The number of H-pyrrole nitrogens is 1. The molecule has 2 aliphatic rings. The first kappa shape index (κ1) is 19.6. The first-order valence-electron chi connectivity index (χ1n) is 10.5. The SMILES string of the molecule is O=C(CN1CCN(C(=O)c2cc3ccccc3c(=O)[nH]2)CC1)N1CCCCCC1. The third-order valence-corrected chi connectivity index (χ3v) is 5.96. The molecule has 2 fully saturated rings. The summed E-state index contributed by atoms with van der Waals surface area (Å²) in [6, 6.07) is 9.01. The average Bonchev–Trinajstić information content (AvgIpc) is 3.03. The molecule has 1 aromatic heterocycles. The van der Waals surface area contributed by atoms with E-state index in [0.717, 1.165) is 31.3 Å². The molecule has 2 aromatic rings. The number of benzene rings is 1. The van der Waals surface area contributed by atoms with Crippen molar-refractivity contribution in [3.8, 4) is 0 Å². The number of piperazine rings is 1. The van der Waals surface area contributed by atoms with E-state index in [1.54, 1.807) is 17.0 Å². The maximum Gasteiger partial charge on any atom is 0.270 e. The first-order valence-corrected chi connectivity index (χ1v) is 10.5. The van der Waals surface area contributed by atoms with Gasteiger partial charge in [0.2, 0.25) is 5.91 Å². The molecule has 4 rings (SSSR count). The second-order valence-electron chi connectivity index (χ2n) is 7.96. The molecule has 0 atom stereocenters. The Morgan fingerprint density at radius 2 is 1.55 bits per heavy atom. The number of aromatic nitrogens is 1. The van der Waals surface area contributed by atoms with Crippen LogP contribution in [0, 0.1) is 0 Å². The third kappa shape index (κ3) is 4.50. The highest BCUT2D eigenvalue weighted by molar-refractivity contribution is 5.96. The minimum atomic E-state index is -0.242. The van der Waals surface area contributed by atoms with Gasteiger partial charge in [0.05, 0.1) is 6.54 Å². The summed E-state index contributed by atoms with van der Waals surface area (Å²) in [6.45, 7) is 4.61. The van der Waals surface area contributed by atoms with Crippen LogP contribution < -0.4 is 5.56 Å². The van der Waals surface area contributed by atoms with E-state index in [2.05, 4.69) is 9.88 Å². The van der Waals surface area contributed by atoms with Gasteiger partial charge in [-0.25, -0.2) is 0 Å². The quantitative estimate of drug-likeness (QED) is 0.857. The number of hydrogen-bond acceptors (Lipinski definition) is 4. The van der Waals surface area contributed by atoms with E-state index in [0.29, 0.717) is 43.8 Å². The van der Waals surface area contributed by atoms with Gasteiger partial charge in [0, 0.05) is 44.7 Å². The molecule has 2 amide bonds. The Hall–Kier alpha value is -2.67. The largest absolute Gasteiger partial charge is 0.342 e. The van der Waals surface area contributed by atoms with Gasteiger partial charge < -0.3 is 14.8 Å². The number of rotatable bonds is 3. The molecule has 29 heavy (non-hydrogen) atoms. The monoisotopic (exact) mass is 396 g/mol. The molecule has 0 unspecified atom stereocenters. The van der Waals surface area contributed by atoms with Gasteiger partial charge in [-0.15, -0.1) is 0 Å². The number of nitrogens with one attached hydrogen (secondary N) is 1. The van der Waals surface area contributed by atoms with E-state index in [1.165, 1.54) is 12.8 Å². The Balaban J connectivity index is 1.35. The number of likely N-dealkylation sites (tertiary alicyclic amines) is 1. The van der Waals surface area contributed by atoms with E-state index < -0.39 is 0 Å². The van der Waals surface area contributed by atoms with Crippen molar-refractivity contribution >= 4 is 22.6 Å². The Labute approximate surface area is 170 Å². The molecule has 1 aromatic carbocycles. The number of carbonyl (C=O) groups excluding carboxylic acids is 2. The molecule has 154 valence electrons. The molecule has 7 nitrogen and oxygen atoms in total. The number of fused-ring (bicyclic) bond motifs is 1. The topological polar surface area (TPSA) is 76.7 Å². The fraction of sp³-hybridized carbons (Fsp3) is 0.500. The summed E-state index contributed by atoms with van der Waals surface area (Å²) in [5, 5.41) is 1.35. The van der Waals surface area contributed by atoms with Crippen molar-refractivity contribution < 1.29 is 9.59 Å². The smallest absolute Gasteiger partial charge is 0.270 e. The number of amides is 2. The molecule has 0 bridgehead atoms. The van der Waals surface area contributed by atoms with Crippen molar-refractivity contribution in [2.45, 2.75) is 25.7 Å². The van der Waals surface area contributed by atoms with Crippen LogP contribution in [0.4, 0.5) is 0 Å². The molecule has 3 heterocycles. The Morgan fingerprint density at radius 3 is 2.28 bits per heavy atom. The molecule has 0 saturated carbocycles. The first-order chi connectivity index (χ1) is 14.1. The number of nitrogens with zero attached hydrogens (tertiary/aromatic N) is 3. The van der Waals surface area contributed by atoms with Crippen LogP contribution >= 0.6 is 0 Å². The molecule has 2 aliphatic heterocycles. The van der Waals surface area contributed by atoms with E-state index in [4.69, 9.17) is 0 Å². The highest BCUT2D eigenvalue weighted by atomic mass is 16.2. The fourth-order valence-corrected chi connectivity index (χ4v) is 4.22. The summed E-state index contributed by atoms with van der Waals surface area (Å²) in [5.41, 5.74) is 0.0796. The van der Waals surface area contributed by atoms with Crippen molar-refractivity contribution in [3.05, 3.63) is 46.4 Å². The number of aromatic amines is 1. The number of hydrogen-bond donors (Lipinski definition) is 1. The van der Waals surface area contributed by atoms with Crippen LogP contribution in [0.15, 0.2) is 35.1 Å². The highest BCUT2D eigenvalue weighted by Crippen LogP contribution is 2.14. The van der Waals surface area contributed by atoms with Gasteiger partial charge in [-0.2, -0.15) is 0 Å². The molecular formula is C22H28N4O3. The molecule has 0 radical (unpaired) electrons. The van der Waals surface area contributed by atoms with Crippen LogP contribution in [0.25, 0.3) is 10.8 Å². The zero-order chi connectivity index (χ0) is 20.2. The molecule has 0 spiro atoms. The predicted octanol–water partition coefficient (Wildman–Crippen LogP) is 1.69. The van der Waals surface area contributed by atoms with Crippen molar-refractivity contribution in [2.75, 3.05) is 45.8 Å². The van der Waals surface area contributed by atoms with Crippen molar-refractivity contribution in [1.82, 2.24) is 19.7 Å². The van der Waals surface area contributed by atoms with Gasteiger partial charge in [0.25, 0.3) is 11.5 Å². The fourth-order valence-electron chi connectivity index (χ4n) is 4.22. The van der Waals surface area contributed by atoms with E-state index in [1.807, 2.05) is 23.1 Å². The van der Waals surface area contributed by atoms with Gasteiger partial charge in [-0.05, 0) is 30.4 Å². The minimum Gasteiger partial charge on any atom is -0.342 e. The van der Waals surface area contributed by atoms with Gasteiger partial charge in [0.1, 0.15) is 5.69 Å². The summed E-state index contributed by atoms with van der Waals surface area (Å²) in [6.07, 6.45) is 4.61. The summed E-state index contributed by atoms with van der Waals surface area (Å²) in [5.74, 6) is 0.0388. The number of pyridine rings is 1. The lowest BCUT2D eigenvalue weighted by molar-refractivity contribution is -0.132. The zero-order valence-electron chi connectivity index (χ0n) is 16.7. The summed E-state index contributed by atoms with van der Waals surface area (Å²) in [7, 11) is 0. The second-order valence-corrected chi connectivity index (χ2v) is 7.96. The molecule has 1 N–H and O–H groups in total. The standard InChI is InChI=1S/C22H28N4O3/c27-20(25-9-5-1-2-6-10-25)16-24-11-13-26(14-12-24)22(29)19-15-17-7-3-4-8-18(17)21(28)23-19/h3-4,7-8,15H,1-2,5-6,9-14,16H2,(H,23,28). The van der Waals surface area contributed by atoms with Crippen LogP contribution in [-0.4, -0.2) is 77.3 Å². The van der Waals surface area contributed by atoms with Crippen LogP contribution in [-0.2, 0) is 4.79 Å². The summed E-state index contributed by atoms with van der Waals surface area (Å²) in [4.78, 5) is 46.3. The van der Waals surface area contributed by atoms with Crippen LogP contribution in [0.5, 0.6) is 0 Å². The average molecular weight is 396 g/mol.